The first-order chi connectivity index (χ1) is 12.5. The van der Waals surface area contributed by atoms with Gasteiger partial charge in [-0.05, 0) is 43.2 Å². The largest absolute Gasteiger partial charge is 0.337 e. The maximum Gasteiger partial charge on any atom is 0.272 e. The fourth-order valence-electron chi connectivity index (χ4n) is 3.72. The van der Waals surface area contributed by atoms with Gasteiger partial charge in [0.15, 0.2) is 0 Å². The molecule has 2 aromatic rings. The van der Waals surface area contributed by atoms with E-state index in [9.17, 15) is 14.0 Å². The molecule has 0 radical (unpaired) electrons. The zero-order chi connectivity index (χ0) is 18.3. The molecule has 1 aromatic carbocycles. The van der Waals surface area contributed by atoms with Crippen LogP contribution in [0.3, 0.4) is 0 Å². The number of nitrogens with one attached hydrogen (secondary N) is 1. The molecule has 7 heteroatoms. The van der Waals surface area contributed by atoms with Gasteiger partial charge in [-0.2, -0.15) is 0 Å². The third kappa shape index (κ3) is 3.17. The summed E-state index contributed by atoms with van der Waals surface area (Å²) in [4.78, 5) is 30.8. The Morgan fingerprint density at radius 1 is 1.27 bits per heavy atom. The van der Waals surface area contributed by atoms with E-state index in [1.807, 2.05) is 0 Å². The predicted octanol–water partition coefficient (Wildman–Crippen LogP) is 3.37. The van der Waals surface area contributed by atoms with Gasteiger partial charge >= 0.3 is 0 Å². The molecule has 1 saturated carbocycles. The standard InChI is InChI=1S/C19H17ClFN3O2/c20-16-6-2-5-15(23-16)18(26)24-8-7-19(11-24)10-14(19)17(25)22-13-4-1-3-12(21)9-13/h1-6,9,14H,7-8,10-11H2,(H,22,25). The van der Waals surface area contributed by atoms with Crippen LogP contribution in [0.1, 0.15) is 23.3 Å². The van der Waals surface area contributed by atoms with E-state index in [0.29, 0.717) is 24.5 Å². The summed E-state index contributed by atoms with van der Waals surface area (Å²) < 4.78 is 13.2. The molecular formula is C19H17ClFN3O2. The van der Waals surface area contributed by atoms with Crippen LogP contribution in [0.4, 0.5) is 10.1 Å². The lowest BCUT2D eigenvalue weighted by Crippen LogP contribution is -2.30. The van der Waals surface area contributed by atoms with Crippen LogP contribution in [0, 0.1) is 17.2 Å². The number of hydrogen-bond donors (Lipinski definition) is 1. The van der Waals surface area contributed by atoms with Crippen molar-refractivity contribution in [1.82, 2.24) is 9.88 Å². The third-order valence-electron chi connectivity index (χ3n) is 5.21. The second-order valence-corrected chi connectivity index (χ2v) is 7.33. The normalized spacial score (nSPS) is 23.9. The predicted molar refractivity (Wildman–Crippen MR) is 95.3 cm³/mol. The van der Waals surface area contributed by atoms with Gasteiger partial charge in [-0.15, -0.1) is 0 Å². The van der Waals surface area contributed by atoms with Crippen LogP contribution in [0.2, 0.25) is 5.15 Å². The molecule has 2 unspecified atom stereocenters. The summed E-state index contributed by atoms with van der Waals surface area (Å²) in [6.45, 7) is 1.12. The van der Waals surface area contributed by atoms with Gasteiger partial charge in [0.1, 0.15) is 16.7 Å². The lowest BCUT2D eigenvalue weighted by molar-refractivity contribution is -0.118. The lowest BCUT2D eigenvalue weighted by atomic mass is 10.0. The van der Waals surface area contributed by atoms with Crippen LogP contribution in [-0.4, -0.2) is 34.8 Å². The second-order valence-electron chi connectivity index (χ2n) is 6.94. The average Bonchev–Trinajstić information content (AvgIpc) is 3.15. The van der Waals surface area contributed by atoms with Crippen LogP contribution in [0.15, 0.2) is 42.5 Å². The van der Waals surface area contributed by atoms with Crippen molar-refractivity contribution in [3.63, 3.8) is 0 Å². The summed E-state index contributed by atoms with van der Waals surface area (Å²) in [7, 11) is 0. The highest BCUT2D eigenvalue weighted by Gasteiger charge is 2.61. The van der Waals surface area contributed by atoms with Crippen LogP contribution in [0.5, 0.6) is 0 Å². The number of pyridine rings is 1. The van der Waals surface area contributed by atoms with Gasteiger partial charge in [-0.1, -0.05) is 23.7 Å². The van der Waals surface area contributed by atoms with E-state index >= 15 is 0 Å². The van der Waals surface area contributed by atoms with E-state index in [4.69, 9.17) is 11.6 Å². The third-order valence-corrected chi connectivity index (χ3v) is 5.42. The minimum absolute atomic E-state index is 0.120. The van der Waals surface area contributed by atoms with E-state index in [2.05, 4.69) is 10.3 Å². The number of carbonyl (C=O) groups is 2. The molecule has 0 bridgehead atoms. The highest BCUT2D eigenvalue weighted by molar-refractivity contribution is 6.29. The summed E-state index contributed by atoms with van der Waals surface area (Å²) in [5.74, 6) is -0.831. The molecule has 2 amide bonds. The lowest BCUT2D eigenvalue weighted by Gasteiger charge is -2.16. The molecule has 1 aromatic heterocycles. The SMILES string of the molecule is O=C(Nc1cccc(F)c1)C1CC12CCN(C(=O)c1cccc(Cl)n1)C2. The van der Waals surface area contributed by atoms with E-state index in [-0.39, 0.29) is 34.1 Å². The van der Waals surface area contributed by atoms with Crippen LogP contribution in [-0.2, 0) is 4.79 Å². The molecule has 2 atom stereocenters. The van der Waals surface area contributed by atoms with Crippen molar-refractivity contribution in [3.05, 3.63) is 59.1 Å². The molecule has 1 aliphatic carbocycles. The number of nitrogens with zero attached hydrogens (tertiary/aromatic N) is 2. The molecule has 1 saturated heterocycles. The van der Waals surface area contributed by atoms with Crippen LogP contribution >= 0.6 is 11.6 Å². The van der Waals surface area contributed by atoms with Gasteiger partial charge in [0.2, 0.25) is 5.91 Å². The van der Waals surface area contributed by atoms with E-state index in [0.717, 1.165) is 12.8 Å². The summed E-state index contributed by atoms with van der Waals surface area (Å²) in [5.41, 5.74) is 0.591. The van der Waals surface area contributed by atoms with E-state index in [1.54, 1.807) is 35.2 Å². The Hall–Kier alpha value is -2.47. The Kier molecular flexibility index (Phi) is 4.15. The average molecular weight is 374 g/mol. The molecule has 1 spiro atoms. The Morgan fingerprint density at radius 3 is 2.85 bits per heavy atom. The van der Waals surface area contributed by atoms with Gasteiger partial charge in [-0.3, -0.25) is 9.59 Å². The number of carbonyl (C=O) groups excluding carboxylic acids is 2. The number of halogens is 2. The minimum Gasteiger partial charge on any atom is -0.337 e. The van der Waals surface area contributed by atoms with Crippen molar-refractivity contribution in [2.45, 2.75) is 12.8 Å². The molecular weight excluding hydrogens is 357 g/mol. The molecule has 2 heterocycles. The number of likely N-dealkylation sites (tertiary alicyclic amines) is 1. The Morgan fingerprint density at radius 2 is 2.08 bits per heavy atom. The van der Waals surface area contributed by atoms with Gasteiger partial charge in [0.05, 0.1) is 0 Å². The quantitative estimate of drug-likeness (QED) is 0.839. The number of hydrogen-bond acceptors (Lipinski definition) is 3. The summed E-state index contributed by atoms with van der Waals surface area (Å²) in [5, 5.41) is 3.05. The fraction of sp³-hybridized carbons (Fsp3) is 0.316. The van der Waals surface area contributed by atoms with Gasteiger partial charge in [0.25, 0.3) is 5.91 Å². The van der Waals surface area contributed by atoms with Crippen LogP contribution < -0.4 is 5.32 Å². The summed E-state index contributed by atoms with van der Waals surface area (Å²) in [6.07, 6.45) is 1.52. The summed E-state index contributed by atoms with van der Waals surface area (Å²) >= 11 is 5.86. The van der Waals surface area contributed by atoms with Crippen molar-refractivity contribution in [2.75, 3.05) is 18.4 Å². The minimum atomic E-state index is -0.389. The number of aromatic nitrogens is 1. The van der Waals surface area contributed by atoms with Crippen molar-refractivity contribution in [3.8, 4) is 0 Å². The Labute approximate surface area is 155 Å². The molecule has 5 nitrogen and oxygen atoms in total. The Balaban J connectivity index is 1.40. The van der Waals surface area contributed by atoms with Crippen molar-refractivity contribution < 1.29 is 14.0 Å². The monoisotopic (exact) mass is 373 g/mol. The van der Waals surface area contributed by atoms with Crippen molar-refractivity contribution in [1.29, 1.82) is 0 Å². The van der Waals surface area contributed by atoms with Crippen LogP contribution in [0.25, 0.3) is 0 Å². The summed E-state index contributed by atoms with van der Waals surface area (Å²) in [6, 6.07) is 10.8. The molecule has 2 aliphatic rings. The smallest absolute Gasteiger partial charge is 0.272 e. The first-order valence-corrected chi connectivity index (χ1v) is 8.83. The van der Waals surface area contributed by atoms with E-state index < -0.39 is 0 Å². The molecule has 26 heavy (non-hydrogen) atoms. The number of benzene rings is 1. The molecule has 134 valence electrons. The second kappa shape index (κ2) is 6.36. The van der Waals surface area contributed by atoms with Gasteiger partial charge in [-0.25, -0.2) is 9.37 Å². The van der Waals surface area contributed by atoms with Gasteiger partial charge in [0, 0.05) is 30.1 Å². The maximum atomic E-state index is 13.2. The molecule has 4 rings (SSSR count). The first-order valence-electron chi connectivity index (χ1n) is 8.45. The Bertz CT molecular complexity index is 891. The first kappa shape index (κ1) is 17.0. The molecule has 1 aliphatic heterocycles. The zero-order valence-corrected chi connectivity index (χ0v) is 14.7. The number of anilines is 1. The highest BCUT2D eigenvalue weighted by Crippen LogP contribution is 2.58. The van der Waals surface area contributed by atoms with Gasteiger partial charge < -0.3 is 10.2 Å². The highest BCUT2D eigenvalue weighted by atomic mass is 35.5. The molecule has 1 N–H and O–H groups in total. The number of amides is 2. The molecule has 2 fully saturated rings. The van der Waals surface area contributed by atoms with Crippen molar-refractivity contribution >= 4 is 29.1 Å². The topological polar surface area (TPSA) is 62.3 Å². The fourth-order valence-corrected chi connectivity index (χ4v) is 3.89. The maximum absolute atomic E-state index is 13.2. The van der Waals surface area contributed by atoms with Crippen molar-refractivity contribution in [2.24, 2.45) is 11.3 Å². The van der Waals surface area contributed by atoms with E-state index in [1.165, 1.54) is 12.1 Å². The number of rotatable bonds is 3. The zero-order valence-electron chi connectivity index (χ0n) is 13.9.